The van der Waals surface area contributed by atoms with E-state index in [2.05, 4.69) is 0 Å². The number of ether oxygens (including phenoxy) is 2. The van der Waals surface area contributed by atoms with Gasteiger partial charge in [-0.05, 0) is 12.8 Å². The van der Waals surface area contributed by atoms with Crippen LogP contribution in [0.3, 0.4) is 0 Å². The van der Waals surface area contributed by atoms with Gasteiger partial charge in [0, 0.05) is 12.8 Å². The first kappa shape index (κ1) is 12.5. The summed E-state index contributed by atoms with van der Waals surface area (Å²) in [7, 11) is 0. The van der Waals surface area contributed by atoms with E-state index in [0.29, 0.717) is 25.7 Å². The van der Waals surface area contributed by atoms with Crippen molar-refractivity contribution in [3.63, 3.8) is 0 Å². The van der Waals surface area contributed by atoms with E-state index < -0.39 is 0 Å². The van der Waals surface area contributed by atoms with Crippen LogP contribution in [0, 0.1) is 0 Å². The minimum atomic E-state index is -0.205. The monoisotopic (exact) mass is 224 g/mol. The van der Waals surface area contributed by atoms with Gasteiger partial charge in [0.25, 0.3) is 0 Å². The summed E-state index contributed by atoms with van der Waals surface area (Å²) < 4.78 is 9.88. The molecule has 0 radical (unpaired) electrons. The van der Waals surface area contributed by atoms with E-state index in [1.165, 1.54) is 0 Å². The fraction of sp³-hybridized carbons (Fsp3) is 0.500. The van der Waals surface area contributed by atoms with Gasteiger partial charge in [0.05, 0.1) is 0 Å². The highest BCUT2D eigenvalue weighted by atomic mass is 16.5. The van der Waals surface area contributed by atoms with Crippen molar-refractivity contribution in [2.45, 2.75) is 25.7 Å². The average Bonchev–Trinajstić information content (AvgIpc) is 2.27. The maximum Gasteiger partial charge on any atom is 0.306 e. The Hall–Kier alpha value is -1.58. The average molecular weight is 224 g/mol. The van der Waals surface area contributed by atoms with Crippen LogP contribution in [0.5, 0.6) is 0 Å². The Bertz CT molecular complexity index is 237. The van der Waals surface area contributed by atoms with Crippen LogP contribution in [-0.4, -0.2) is 25.2 Å². The molecule has 0 aromatic rings. The maximum absolute atomic E-state index is 11.1. The lowest BCUT2D eigenvalue weighted by atomic mass is 10.3. The second-order valence-electron chi connectivity index (χ2n) is 3.39. The van der Waals surface area contributed by atoms with E-state index >= 15 is 0 Å². The number of hydrogen-bond donors (Lipinski definition) is 0. The van der Waals surface area contributed by atoms with Gasteiger partial charge in [-0.1, -0.05) is 24.3 Å². The van der Waals surface area contributed by atoms with Gasteiger partial charge in [0.1, 0.15) is 13.2 Å². The summed E-state index contributed by atoms with van der Waals surface area (Å²) >= 11 is 0. The van der Waals surface area contributed by atoms with Gasteiger partial charge >= 0.3 is 11.9 Å². The first-order valence-electron chi connectivity index (χ1n) is 5.40. The number of allylic oxidation sites excluding steroid dienone is 2. The molecule has 0 N–H and O–H groups in total. The largest absolute Gasteiger partial charge is 0.461 e. The van der Waals surface area contributed by atoms with Gasteiger partial charge in [-0.25, -0.2) is 0 Å². The second kappa shape index (κ2) is 7.68. The molecule has 1 aliphatic rings. The molecule has 4 heteroatoms. The van der Waals surface area contributed by atoms with E-state index in [1.54, 1.807) is 12.2 Å². The number of carbonyl (C=O) groups is 2. The highest BCUT2D eigenvalue weighted by Gasteiger charge is 2.01. The molecule has 1 heterocycles. The van der Waals surface area contributed by atoms with Crippen LogP contribution in [0.15, 0.2) is 24.3 Å². The molecule has 0 bridgehead atoms. The Kier molecular flexibility index (Phi) is 5.99. The van der Waals surface area contributed by atoms with Crippen molar-refractivity contribution in [3.8, 4) is 0 Å². The summed E-state index contributed by atoms with van der Waals surface area (Å²) in [5.41, 5.74) is 0. The van der Waals surface area contributed by atoms with Crippen LogP contribution in [0.1, 0.15) is 25.7 Å². The van der Waals surface area contributed by atoms with E-state index in [-0.39, 0.29) is 25.2 Å². The highest BCUT2D eigenvalue weighted by molar-refractivity contribution is 5.70. The lowest BCUT2D eigenvalue weighted by Crippen LogP contribution is -2.05. The summed E-state index contributed by atoms with van der Waals surface area (Å²) in [6.45, 7) is 0.551. The molecule has 1 aliphatic heterocycles. The summed E-state index contributed by atoms with van der Waals surface area (Å²) in [5, 5.41) is 0. The molecule has 0 atom stereocenters. The number of esters is 2. The van der Waals surface area contributed by atoms with Gasteiger partial charge in [-0.2, -0.15) is 0 Å². The summed E-state index contributed by atoms with van der Waals surface area (Å²) in [6, 6.07) is 0. The summed E-state index contributed by atoms with van der Waals surface area (Å²) in [6.07, 6.45) is 9.06. The van der Waals surface area contributed by atoms with Crippen molar-refractivity contribution in [1.82, 2.24) is 0 Å². The SMILES string of the molecule is O=C1CCC=CCOC(=O)CCC=CCO1. The lowest BCUT2D eigenvalue weighted by Gasteiger charge is -2.02. The Labute approximate surface area is 94.9 Å². The number of carbonyl (C=O) groups excluding carboxylic acids is 2. The van der Waals surface area contributed by atoms with Gasteiger partial charge in [-0.3, -0.25) is 9.59 Å². The van der Waals surface area contributed by atoms with Crippen LogP contribution in [-0.2, 0) is 19.1 Å². The molecule has 0 aliphatic carbocycles. The zero-order chi connectivity index (χ0) is 11.6. The Morgan fingerprint density at radius 3 is 1.62 bits per heavy atom. The molecular formula is C12H16O4. The fourth-order valence-corrected chi connectivity index (χ4v) is 1.20. The van der Waals surface area contributed by atoms with Gasteiger partial charge in [-0.15, -0.1) is 0 Å². The molecule has 4 nitrogen and oxygen atoms in total. The Morgan fingerprint density at radius 1 is 0.750 bits per heavy atom. The topological polar surface area (TPSA) is 52.6 Å². The normalized spacial score (nSPS) is 19.8. The second-order valence-corrected chi connectivity index (χ2v) is 3.39. The fourth-order valence-electron chi connectivity index (χ4n) is 1.20. The third kappa shape index (κ3) is 6.01. The van der Waals surface area contributed by atoms with Crippen molar-refractivity contribution in [1.29, 1.82) is 0 Å². The summed E-state index contributed by atoms with van der Waals surface area (Å²) in [5.74, 6) is -0.410. The predicted octanol–water partition coefficient (Wildman–Crippen LogP) is 1.76. The molecule has 0 aromatic heterocycles. The third-order valence-electron chi connectivity index (χ3n) is 2.04. The van der Waals surface area contributed by atoms with Crippen LogP contribution in [0.4, 0.5) is 0 Å². The maximum atomic E-state index is 11.1. The molecule has 0 amide bonds. The first-order chi connectivity index (χ1) is 7.79. The first-order valence-corrected chi connectivity index (χ1v) is 5.40. The lowest BCUT2D eigenvalue weighted by molar-refractivity contribution is -0.143. The number of cyclic esters (lactones) is 2. The van der Waals surface area contributed by atoms with Crippen molar-refractivity contribution in [3.05, 3.63) is 24.3 Å². The molecule has 0 saturated carbocycles. The number of rotatable bonds is 0. The van der Waals surface area contributed by atoms with Gasteiger partial charge in [0.2, 0.25) is 0 Å². The smallest absolute Gasteiger partial charge is 0.306 e. The Morgan fingerprint density at radius 2 is 1.19 bits per heavy atom. The van der Waals surface area contributed by atoms with Crippen molar-refractivity contribution in [2.75, 3.05) is 13.2 Å². The predicted molar refractivity (Wildman–Crippen MR) is 58.7 cm³/mol. The van der Waals surface area contributed by atoms with E-state index in [1.807, 2.05) is 12.2 Å². The van der Waals surface area contributed by atoms with Crippen molar-refractivity contribution in [2.24, 2.45) is 0 Å². The molecule has 0 aromatic carbocycles. The Balaban J connectivity index is 2.40. The number of hydrogen-bond acceptors (Lipinski definition) is 4. The zero-order valence-corrected chi connectivity index (χ0v) is 9.19. The molecule has 88 valence electrons. The van der Waals surface area contributed by atoms with E-state index in [0.717, 1.165) is 0 Å². The molecular weight excluding hydrogens is 208 g/mol. The minimum Gasteiger partial charge on any atom is -0.461 e. The van der Waals surface area contributed by atoms with Gasteiger partial charge < -0.3 is 9.47 Å². The van der Waals surface area contributed by atoms with E-state index in [9.17, 15) is 9.59 Å². The van der Waals surface area contributed by atoms with Gasteiger partial charge in [0.15, 0.2) is 0 Å². The highest BCUT2D eigenvalue weighted by Crippen LogP contribution is 1.99. The molecule has 0 unspecified atom stereocenters. The molecule has 0 fully saturated rings. The quantitative estimate of drug-likeness (QED) is 0.464. The van der Waals surface area contributed by atoms with Crippen LogP contribution in [0.2, 0.25) is 0 Å². The molecule has 1 rings (SSSR count). The van der Waals surface area contributed by atoms with E-state index in [4.69, 9.17) is 9.47 Å². The molecule has 16 heavy (non-hydrogen) atoms. The van der Waals surface area contributed by atoms with Crippen LogP contribution in [0.25, 0.3) is 0 Å². The standard InChI is InChI=1S/C12H16O4/c13-11-7-3-1-5-9-15-12(14)8-4-2-6-10-16-11/h1-2,5-6H,3-4,7-10H2. The molecule has 0 spiro atoms. The van der Waals surface area contributed by atoms with Crippen LogP contribution >= 0.6 is 0 Å². The summed E-state index contributed by atoms with van der Waals surface area (Å²) in [4.78, 5) is 22.3. The third-order valence-corrected chi connectivity index (χ3v) is 2.04. The van der Waals surface area contributed by atoms with Crippen molar-refractivity contribution < 1.29 is 19.1 Å². The molecule has 0 saturated heterocycles. The van der Waals surface area contributed by atoms with Crippen molar-refractivity contribution >= 4 is 11.9 Å². The minimum absolute atomic E-state index is 0.205. The van der Waals surface area contributed by atoms with Crippen LogP contribution < -0.4 is 0 Å². The zero-order valence-electron chi connectivity index (χ0n) is 9.19.